The molecule has 7 nitrogen and oxygen atoms in total. The quantitative estimate of drug-likeness (QED) is 0.156. The topological polar surface area (TPSA) is 115 Å². The van der Waals surface area contributed by atoms with Crippen LogP contribution in [0.2, 0.25) is 0 Å². The van der Waals surface area contributed by atoms with Crippen molar-refractivity contribution in [2.45, 2.75) is 129 Å². The van der Waals surface area contributed by atoms with Gasteiger partial charge in [-0.3, -0.25) is 0 Å². The first-order valence-corrected chi connectivity index (χ1v) is 18.4. The van der Waals surface area contributed by atoms with Crippen molar-refractivity contribution in [3.63, 3.8) is 0 Å². The summed E-state index contributed by atoms with van der Waals surface area (Å²) >= 11 is 0. The van der Waals surface area contributed by atoms with Gasteiger partial charge >= 0.3 is 0 Å². The number of rotatable bonds is 19. The lowest BCUT2D eigenvalue weighted by Gasteiger charge is -2.65. The molecule has 0 heterocycles. The van der Waals surface area contributed by atoms with Crippen LogP contribution >= 0.6 is 0 Å². The Bertz CT molecular complexity index is 802. The SMILES string of the molecule is CCCOCCCC(C)C1CC[C@H]2C3[C@H](OCCCN)CC4C[C@H](OCCCN)CC[C@]4(C)[C@H]3C[C@H](OCCCN)[C@]12C. The van der Waals surface area contributed by atoms with Crippen molar-refractivity contribution >= 4 is 0 Å². The first kappa shape index (κ1) is 35.6. The predicted octanol–water partition coefficient (Wildman–Crippen LogP) is 5.91. The summed E-state index contributed by atoms with van der Waals surface area (Å²) in [4.78, 5) is 0. The standard InChI is InChI=1S/C36H69N3O4/c1-5-18-40-19-6-10-26(2)29-11-12-30-34-31(25-33(36(29,30)4)43-22-9-17-39)35(3)14-13-28(41-20-7-15-37)23-27(35)24-32(34)42-21-8-16-38/h26-34H,5-25,37-39H2,1-4H3/t26?,27?,28-,29?,30+,31+,32-,33+,34?,35+,36-/m1/s1. The van der Waals surface area contributed by atoms with Crippen LogP contribution in [0.25, 0.3) is 0 Å². The molecule has 0 spiro atoms. The maximum Gasteiger partial charge on any atom is 0.0637 e. The van der Waals surface area contributed by atoms with E-state index >= 15 is 0 Å². The zero-order chi connectivity index (χ0) is 30.9. The molecule has 0 aliphatic heterocycles. The molecule has 0 amide bonds. The van der Waals surface area contributed by atoms with E-state index in [9.17, 15) is 0 Å². The van der Waals surface area contributed by atoms with E-state index in [4.69, 9.17) is 36.1 Å². The Labute approximate surface area is 264 Å². The second kappa shape index (κ2) is 17.0. The molecule has 0 aromatic carbocycles. The number of hydrogen-bond donors (Lipinski definition) is 3. The van der Waals surface area contributed by atoms with E-state index < -0.39 is 0 Å². The lowest BCUT2D eigenvalue weighted by molar-refractivity contribution is -0.227. The molecule has 4 aliphatic carbocycles. The second-order valence-electron chi connectivity index (χ2n) is 15.2. The molecule has 0 saturated heterocycles. The predicted molar refractivity (Wildman–Crippen MR) is 176 cm³/mol. The van der Waals surface area contributed by atoms with Gasteiger partial charge in [0.2, 0.25) is 0 Å². The van der Waals surface area contributed by atoms with Crippen LogP contribution in [0.4, 0.5) is 0 Å². The van der Waals surface area contributed by atoms with E-state index in [1.807, 2.05) is 0 Å². The molecule has 4 aliphatic rings. The monoisotopic (exact) mass is 608 g/mol. The minimum atomic E-state index is 0.167. The summed E-state index contributed by atoms with van der Waals surface area (Å²) in [5.74, 6) is 3.82. The molecule has 43 heavy (non-hydrogen) atoms. The van der Waals surface area contributed by atoms with Crippen molar-refractivity contribution < 1.29 is 18.9 Å². The number of hydrogen-bond acceptors (Lipinski definition) is 7. The second-order valence-corrected chi connectivity index (χ2v) is 15.2. The average Bonchev–Trinajstić information content (AvgIpc) is 3.36. The first-order valence-electron chi connectivity index (χ1n) is 18.4. The van der Waals surface area contributed by atoms with Crippen molar-refractivity contribution in [3.05, 3.63) is 0 Å². The Morgan fingerprint density at radius 3 is 2.14 bits per heavy atom. The first-order chi connectivity index (χ1) is 20.8. The Hall–Kier alpha value is -0.280. The van der Waals surface area contributed by atoms with Crippen LogP contribution in [0.1, 0.15) is 111 Å². The van der Waals surface area contributed by atoms with Crippen molar-refractivity contribution in [3.8, 4) is 0 Å². The van der Waals surface area contributed by atoms with Crippen molar-refractivity contribution in [1.82, 2.24) is 0 Å². The highest BCUT2D eigenvalue weighted by molar-refractivity contribution is 5.15. The van der Waals surface area contributed by atoms with Gasteiger partial charge in [-0.15, -0.1) is 0 Å². The molecule has 4 rings (SSSR count). The van der Waals surface area contributed by atoms with Crippen LogP contribution in [0.15, 0.2) is 0 Å². The molecule has 4 fully saturated rings. The summed E-state index contributed by atoms with van der Waals surface area (Å²) in [5.41, 5.74) is 18.1. The average molecular weight is 608 g/mol. The molecular weight excluding hydrogens is 538 g/mol. The highest BCUT2D eigenvalue weighted by Crippen LogP contribution is 2.69. The molecule has 0 aromatic heterocycles. The number of ether oxygens (including phenoxy) is 4. The molecule has 0 radical (unpaired) electrons. The van der Waals surface area contributed by atoms with Gasteiger partial charge in [0.25, 0.3) is 0 Å². The van der Waals surface area contributed by atoms with E-state index in [-0.39, 0.29) is 11.5 Å². The van der Waals surface area contributed by atoms with Gasteiger partial charge in [0.05, 0.1) is 18.3 Å². The third kappa shape index (κ3) is 8.00. The van der Waals surface area contributed by atoms with Gasteiger partial charge in [0.15, 0.2) is 0 Å². The van der Waals surface area contributed by atoms with Crippen LogP contribution in [-0.4, -0.2) is 71.0 Å². The molecule has 6 N–H and O–H groups in total. The third-order valence-electron chi connectivity index (χ3n) is 12.8. The van der Waals surface area contributed by atoms with Gasteiger partial charge in [-0.2, -0.15) is 0 Å². The molecular formula is C36H69N3O4. The van der Waals surface area contributed by atoms with Gasteiger partial charge in [-0.25, -0.2) is 0 Å². The van der Waals surface area contributed by atoms with Gasteiger partial charge in [-0.1, -0.05) is 27.7 Å². The summed E-state index contributed by atoms with van der Waals surface area (Å²) < 4.78 is 26.1. The van der Waals surface area contributed by atoms with Crippen LogP contribution in [-0.2, 0) is 18.9 Å². The fourth-order valence-electron chi connectivity index (χ4n) is 10.6. The summed E-state index contributed by atoms with van der Waals surface area (Å²) in [6, 6.07) is 0. The van der Waals surface area contributed by atoms with E-state index in [1.54, 1.807) is 0 Å². The molecule has 4 unspecified atom stereocenters. The molecule has 11 atom stereocenters. The van der Waals surface area contributed by atoms with E-state index in [0.29, 0.717) is 72.8 Å². The summed E-state index contributed by atoms with van der Waals surface area (Å²) in [7, 11) is 0. The van der Waals surface area contributed by atoms with E-state index in [0.717, 1.165) is 78.0 Å². The Morgan fingerprint density at radius 2 is 1.44 bits per heavy atom. The molecule has 252 valence electrons. The smallest absolute Gasteiger partial charge is 0.0637 e. The summed E-state index contributed by atoms with van der Waals surface area (Å²) in [6.07, 6.45) is 15.8. The zero-order valence-electron chi connectivity index (χ0n) is 28.4. The molecule has 7 heteroatoms. The maximum absolute atomic E-state index is 6.97. The van der Waals surface area contributed by atoms with Crippen LogP contribution < -0.4 is 17.2 Å². The van der Waals surface area contributed by atoms with Gasteiger partial charge < -0.3 is 36.1 Å². The van der Waals surface area contributed by atoms with Crippen LogP contribution in [0.3, 0.4) is 0 Å². The van der Waals surface area contributed by atoms with Crippen molar-refractivity contribution in [1.29, 1.82) is 0 Å². The fraction of sp³-hybridized carbons (Fsp3) is 1.00. The Balaban J connectivity index is 1.59. The van der Waals surface area contributed by atoms with Crippen LogP contribution in [0, 0.1) is 46.3 Å². The number of nitrogens with two attached hydrogens (primary N) is 3. The fourth-order valence-corrected chi connectivity index (χ4v) is 10.6. The molecule has 0 aromatic rings. The lowest BCUT2D eigenvalue weighted by atomic mass is 9.43. The lowest BCUT2D eigenvalue weighted by Crippen LogP contribution is -2.63. The van der Waals surface area contributed by atoms with E-state index in [1.165, 1.54) is 38.5 Å². The largest absolute Gasteiger partial charge is 0.381 e. The number of fused-ring (bicyclic) bond motifs is 5. The normalized spacial score (nSPS) is 39.7. The molecule has 0 bridgehead atoms. The van der Waals surface area contributed by atoms with Crippen LogP contribution in [0.5, 0.6) is 0 Å². The zero-order valence-corrected chi connectivity index (χ0v) is 28.4. The van der Waals surface area contributed by atoms with Gasteiger partial charge in [0, 0.05) is 38.4 Å². The van der Waals surface area contributed by atoms with Gasteiger partial charge in [0.1, 0.15) is 0 Å². The third-order valence-corrected chi connectivity index (χ3v) is 12.8. The van der Waals surface area contributed by atoms with Crippen molar-refractivity contribution in [2.75, 3.05) is 52.7 Å². The summed E-state index contributed by atoms with van der Waals surface area (Å²) in [5, 5.41) is 0. The molecule has 4 saturated carbocycles. The Morgan fingerprint density at radius 1 is 0.744 bits per heavy atom. The minimum absolute atomic E-state index is 0.167. The van der Waals surface area contributed by atoms with E-state index in [2.05, 4.69) is 27.7 Å². The Kier molecular flexibility index (Phi) is 14.1. The minimum Gasteiger partial charge on any atom is -0.381 e. The summed E-state index contributed by atoms with van der Waals surface area (Å²) in [6.45, 7) is 16.2. The van der Waals surface area contributed by atoms with Crippen molar-refractivity contribution in [2.24, 2.45) is 63.5 Å². The highest BCUT2D eigenvalue weighted by Gasteiger charge is 2.66. The maximum atomic E-state index is 6.97. The van der Waals surface area contributed by atoms with Gasteiger partial charge in [-0.05, 0) is 144 Å². The highest BCUT2D eigenvalue weighted by atomic mass is 16.5.